The summed E-state index contributed by atoms with van der Waals surface area (Å²) in [5.41, 5.74) is 5.66. The lowest BCUT2D eigenvalue weighted by Crippen LogP contribution is -2.40. The Morgan fingerprint density at radius 2 is 1.80 bits per heavy atom. The third-order valence-electron chi connectivity index (χ3n) is 3.50. The highest BCUT2D eigenvalue weighted by atomic mass is 35.5. The topological polar surface area (TPSA) is 72.2 Å². The lowest BCUT2D eigenvalue weighted by molar-refractivity contribution is 0.453. The number of benzene rings is 1. The molecule has 1 aliphatic carbocycles. The van der Waals surface area contributed by atoms with Crippen LogP contribution in [0.1, 0.15) is 19.3 Å². The quantitative estimate of drug-likeness (QED) is 0.870. The van der Waals surface area contributed by atoms with Gasteiger partial charge in [-0.15, -0.1) is 0 Å². The second-order valence-electron chi connectivity index (χ2n) is 4.85. The monoisotopic (exact) mass is 356 g/mol. The molecule has 1 aromatic rings. The van der Waals surface area contributed by atoms with Gasteiger partial charge in [0, 0.05) is 11.1 Å². The Morgan fingerprint density at radius 1 is 1.20 bits per heavy atom. The Hall–Kier alpha value is -0.0400. The van der Waals surface area contributed by atoms with Crippen LogP contribution in [0.2, 0.25) is 15.1 Å². The first-order valence-corrected chi connectivity index (χ1v) is 8.84. The number of halogens is 3. The molecule has 0 spiro atoms. The second kappa shape index (κ2) is 6.38. The van der Waals surface area contributed by atoms with E-state index in [-0.39, 0.29) is 26.9 Å². The molecule has 2 rings (SSSR count). The van der Waals surface area contributed by atoms with E-state index in [2.05, 4.69) is 4.72 Å². The van der Waals surface area contributed by atoms with Crippen LogP contribution in [0.15, 0.2) is 17.0 Å². The summed E-state index contributed by atoms with van der Waals surface area (Å²) < 4.78 is 27.5. The molecule has 1 saturated carbocycles. The van der Waals surface area contributed by atoms with Gasteiger partial charge in [-0.2, -0.15) is 0 Å². The maximum absolute atomic E-state index is 12.4. The van der Waals surface area contributed by atoms with Crippen LogP contribution >= 0.6 is 34.8 Å². The standard InChI is InChI=1S/C12H15Cl3N2O2S/c13-8-4-9(14)12(10(15)5-8)20(18,19)17-11-3-1-2-7(11)6-16/h4-5,7,11,17H,1-3,6,16H2. The van der Waals surface area contributed by atoms with E-state index in [1.807, 2.05) is 0 Å². The largest absolute Gasteiger partial charge is 0.330 e. The molecule has 0 heterocycles. The molecule has 2 unspecified atom stereocenters. The van der Waals surface area contributed by atoms with Gasteiger partial charge in [-0.25, -0.2) is 13.1 Å². The molecule has 0 aliphatic heterocycles. The van der Waals surface area contributed by atoms with Crippen LogP contribution in [0.5, 0.6) is 0 Å². The minimum atomic E-state index is -3.79. The van der Waals surface area contributed by atoms with E-state index in [9.17, 15) is 8.42 Å². The SMILES string of the molecule is NCC1CCCC1NS(=O)(=O)c1c(Cl)cc(Cl)cc1Cl. The van der Waals surface area contributed by atoms with Crippen molar-refractivity contribution in [3.05, 3.63) is 27.2 Å². The molecule has 0 aromatic heterocycles. The lowest BCUT2D eigenvalue weighted by Gasteiger charge is -2.20. The zero-order valence-electron chi connectivity index (χ0n) is 10.6. The van der Waals surface area contributed by atoms with E-state index in [1.54, 1.807) is 0 Å². The van der Waals surface area contributed by atoms with Gasteiger partial charge in [-0.1, -0.05) is 41.2 Å². The fourth-order valence-electron chi connectivity index (χ4n) is 2.52. The van der Waals surface area contributed by atoms with E-state index in [0.717, 1.165) is 19.3 Å². The fraction of sp³-hybridized carbons (Fsp3) is 0.500. The highest BCUT2D eigenvalue weighted by Gasteiger charge is 2.32. The van der Waals surface area contributed by atoms with E-state index in [0.29, 0.717) is 11.6 Å². The summed E-state index contributed by atoms with van der Waals surface area (Å²) in [6.45, 7) is 0.454. The number of sulfonamides is 1. The van der Waals surface area contributed by atoms with Crippen LogP contribution in [0, 0.1) is 5.92 Å². The highest BCUT2D eigenvalue weighted by molar-refractivity contribution is 7.89. The summed E-state index contributed by atoms with van der Waals surface area (Å²) >= 11 is 17.7. The normalized spacial score (nSPS) is 23.2. The third-order valence-corrected chi connectivity index (χ3v) is 6.13. The Bertz CT molecular complexity index is 584. The van der Waals surface area contributed by atoms with Crippen LogP contribution in [0.3, 0.4) is 0 Å². The highest BCUT2D eigenvalue weighted by Crippen LogP contribution is 2.34. The predicted octanol–water partition coefficient (Wildman–Crippen LogP) is 3.05. The summed E-state index contributed by atoms with van der Waals surface area (Å²) in [4.78, 5) is -0.132. The van der Waals surface area contributed by atoms with Crippen LogP contribution in [0.25, 0.3) is 0 Å². The number of rotatable bonds is 4. The summed E-state index contributed by atoms with van der Waals surface area (Å²) in [5.74, 6) is 0.148. The van der Waals surface area contributed by atoms with Crippen molar-refractivity contribution in [1.29, 1.82) is 0 Å². The van der Waals surface area contributed by atoms with Crippen molar-refractivity contribution < 1.29 is 8.42 Å². The molecule has 2 atom stereocenters. The Kier molecular flexibility index (Phi) is 5.21. The maximum Gasteiger partial charge on any atom is 0.243 e. The van der Waals surface area contributed by atoms with Gasteiger partial charge in [0.25, 0.3) is 0 Å². The van der Waals surface area contributed by atoms with Gasteiger partial charge < -0.3 is 5.73 Å². The van der Waals surface area contributed by atoms with Crippen molar-refractivity contribution in [2.24, 2.45) is 11.7 Å². The number of nitrogens with one attached hydrogen (secondary N) is 1. The molecular weight excluding hydrogens is 343 g/mol. The molecule has 0 saturated heterocycles. The second-order valence-corrected chi connectivity index (χ2v) is 7.75. The zero-order chi connectivity index (χ0) is 14.9. The molecule has 1 fully saturated rings. The smallest absolute Gasteiger partial charge is 0.243 e. The lowest BCUT2D eigenvalue weighted by atomic mass is 10.1. The average molecular weight is 358 g/mol. The van der Waals surface area contributed by atoms with Gasteiger partial charge in [0.2, 0.25) is 10.0 Å². The number of nitrogens with two attached hydrogens (primary N) is 1. The van der Waals surface area contributed by atoms with Crippen LogP contribution in [-0.4, -0.2) is 21.0 Å². The summed E-state index contributed by atoms with van der Waals surface area (Å²) in [6, 6.07) is 2.55. The van der Waals surface area contributed by atoms with E-state index >= 15 is 0 Å². The van der Waals surface area contributed by atoms with Crippen molar-refractivity contribution >= 4 is 44.8 Å². The molecule has 0 bridgehead atoms. The fourth-order valence-corrected chi connectivity index (χ4v) is 5.40. The van der Waals surface area contributed by atoms with Crippen molar-refractivity contribution in [3.8, 4) is 0 Å². The third kappa shape index (κ3) is 3.40. The average Bonchev–Trinajstić information content (AvgIpc) is 2.73. The molecule has 20 heavy (non-hydrogen) atoms. The summed E-state index contributed by atoms with van der Waals surface area (Å²) in [7, 11) is -3.79. The van der Waals surface area contributed by atoms with Gasteiger partial charge in [0.15, 0.2) is 0 Å². The van der Waals surface area contributed by atoms with E-state index in [1.165, 1.54) is 12.1 Å². The van der Waals surface area contributed by atoms with E-state index < -0.39 is 10.0 Å². The zero-order valence-corrected chi connectivity index (χ0v) is 13.7. The van der Waals surface area contributed by atoms with Gasteiger partial charge >= 0.3 is 0 Å². The van der Waals surface area contributed by atoms with E-state index in [4.69, 9.17) is 40.5 Å². The molecule has 8 heteroatoms. The Labute approximate surface area is 133 Å². The number of hydrogen-bond acceptors (Lipinski definition) is 3. The summed E-state index contributed by atoms with van der Waals surface area (Å²) in [6.07, 6.45) is 2.65. The van der Waals surface area contributed by atoms with Crippen LogP contribution < -0.4 is 10.5 Å². The van der Waals surface area contributed by atoms with Crippen molar-refractivity contribution in [1.82, 2.24) is 4.72 Å². The molecule has 3 N–H and O–H groups in total. The van der Waals surface area contributed by atoms with Crippen molar-refractivity contribution in [2.75, 3.05) is 6.54 Å². The predicted molar refractivity (Wildman–Crippen MR) is 82.0 cm³/mol. The molecular formula is C12H15Cl3N2O2S. The Morgan fingerprint density at radius 3 is 2.35 bits per heavy atom. The number of hydrogen-bond donors (Lipinski definition) is 2. The minimum Gasteiger partial charge on any atom is -0.330 e. The first-order valence-electron chi connectivity index (χ1n) is 6.22. The van der Waals surface area contributed by atoms with Gasteiger partial charge in [-0.3, -0.25) is 0 Å². The first-order chi connectivity index (χ1) is 9.35. The summed E-state index contributed by atoms with van der Waals surface area (Å²) in [5, 5.41) is 0.314. The van der Waals surface area contributed by atoms with Crippen LogP contribution in [0.4, 0.5) is 0 Å². The molecule has 1 aliphatic rings. The van der Waals surface area contributed by atoms with Gasteiger partial charge in [-0.05, 0) is 37.4 Å². The first kappa shape index (κ1) is 16.3. The van der Waals surface area contributed by atoms with Gasteiger partial charge in [0.05, 0.1) is 10.0 Å². The molecule has 112 valence electrons. The van der Waals surface area contributed by atoms with Crippen LogP contribution in [-0.2, 0) is 10.0 Å². The van der Waals surface area contributed by atoms with Crippen molar-refractivity contribution in [2.45, 2.75) is 30.2 Å². The van der Waals surface area contributed by atoms with Gasteiger partial charge in [0.1, 0.15) is 4.90 Å². The molecule has 4 nitrogen and oxygen atoms in total. The molecule has 1 aromatic carbocycles. The van der Waals surface area contributed by atoms with Crippen molar-refractivity contribution in [3.63, 3.8) is 0 Å². The maximum atomic E-state index is 12.4. The molecule has 0 amide bonds. The Balaban J connectivity index is 2.32. The molecule has 0 radical (unpaired) electrons. The minimum absolute atomic E-state index is 0.0114.